The van der Waals surface area contributed by atoms with E-state index in [1.165, 1.54) is 6.92 Å². The van der Waals surface area contributed by atoms with Crippen LogP contribution in [0.4, 0.5) is 0 Å². The van der Waals surface area contributed by atoms with Gasteiger partial charge in [0, 0.05) is 6.92 Å². The largest absolute Gasteiger partial charge is 0.437 e. The molecule has 0 spiro atoms. The third-order valence-electron chi connectivity index (χ3n) is 1.90. The van der Waals surface area contributed by atoms with Crippen molar-refractivity contribution in [2.45, 2.75) is 33.4 Å². The Labute approximate surface area is 83.3 Å². The van der Waals surface area contributed by atoms with E-state index in [4.69, 9.17) is 4.74 Å². The van der Waals surface area contributed by atoms with Gasteiger partial charge in [-0.25, -0.2) is 0 Å². The SMILES string of the molecule is CC(=O)OC1NC(=O)/C1=C/CC(C)C. The average Bonchev–Trinajstić information content (AvgIpc) is 2.01. The number of nitrogens with one attached hydrogen (secondary N) is 1. The summed E-state index contributed by atoms with van der Waals surface area (Å²) >= 11 is 0. The summed E-state index contributed by atoms with van der Waals surface area (Å²) in [5, 5.41) is 2.50. The van der Waals surface area contributed by atoms with Crippen LogP contribution in [0, 0.1) is 5.92 Å². The lowest BCUT2D eigenvalue weighted by Crippen LogP contribution is -2.53. The highest BCUT2D eigenvalue weighted by Gasteiger charge is 2.34. The van der Waals surface area contributed by atoms with Crippen LogP contribution < -0.4 is 5.32 Å². The maximum Gasteiger partial charge on any atom is 0.304 e. The van der Waals surface area contributed by atoms with E-state index in [2.05, 4.69) is 19.2 Å². The zero-order valence-corrected chi connectivity index (χ0v) is 8.66. The van der Waals surface area contributed by atoms with Crippen LogP contribution in [0.5, 0.6) is 0 Å². The normalized spacial score (nSPS) is 23.3. The fourth-order valence-corrected chi connectivity index (χ4v) is 1.14. The molecule has 0 bridgehead atoms. The van der Waals surface area contributed by atoms with Gasteiger partial charge in [0.2, 0.25) is 6.23 Å². The van der Waals surface area contributed by atoms with Crippen LogP contribution in [-0.2, 0) is 14.3 Å². The zero-order valence-electron chi connectivity index (χ0n) is 8.66. The third-order valence-corrected chi connectivity index (χ3v) is 1.90. The molecule has 1 fully saturated rings. The average molecular weight is 197 g/mol. The Balaban J connectivity index is 2.52. The van der Waals surface area contributed by atoms with Crippen molar-refractivity contribution >= 4 is 11.9 Å². The lowest BCUT2D eigenvalue weighted by molar-refractivity contribution is -0.151. The third kappa shape index (κ3) is 2.58. The van der Waals surface area contributed by atoms with Crippen LogP contribution in [0.15, 0.2) is 11.6 Å². The Morgan fingerprint density at radius 1 is 1.64 bits per heavy atom. The molecular formula is C10H15NO3. The molecule has 0 saturated carbocycles. The van der Waals surface area contributed by atoms with Gasteiger partial charge in [-0.3, -0.25) is 9.59 Å². The molecule has 1 unspecified atom stereocenters. The van der Waals surface area contributed by atoms with Gasteiger partial charge in [0.25, 0.3) is 5.91 Å². The van der Waals surface area contributed by atoms with E-state index in [9.17, 15) is 9.59 Å². The number of ether oxygens (including phenoxy) is 1. The number of amides is 1. The summed E-state index contributed by atoms with van der Waals surface area (Å²) < 4.78 is 4.86. The van der Waals surface area contributed by atoms with Gasteiger partial charge in [-0.15, -0.1) is 0 Å². The number of allylic oxidation sites excluding steroid dienone is 1. The molecule has 0 aromatic carbocycles. The first-order valence-electron chi connectivity index (χ1n) is 4.69. The van der Waals surface area contributed by atoms with E-state index in [-0.39, 0.29) is 11.9 Å². The Morgan fingerprint density at radius 2 is 2.29 bits per heavy atom. The van der Waals surface area contributed by atoms with Crippen molar-refractivity contribution in [1.82, 2.24) is 5.32 Å². The van der Waals surface area contributed by atoms with E-state index in [1.54, 1.807) is 0 Å². The predicted octanol–water partition coefficient (Wildman–Crippen LogP) is 0.978. The fraction of sp³-hybridized carbons (Fsp3) is 0.600. The first-order valence-corrected chi connectivity index (χ1v) is 4.69. The molecule has 1 amide bonds. The first kappa shape index (κ1) is 10.8. The van der Waals surface area contributed by atoms with Crippen molar-refractivity contribution in [3.63, 3.8) is 0 Å². The van der Waals surface area contributed by atoms with Crippen LogP contribution in [0.3, 0.4) is 0 Å². The van der Waals surface area contributed by atoms with Crippen molar-refractivity contribution in [2.24, 2.45) is 5.92 Å². The standard InChI is InChI=1S/C10H15NO3/c1-6(2)4-5-8-9(13)11-10(8)14-7(3)12/h5-6,10H,4H2,1-3H3,(H,11,13)/b8-5-. The fourth-order valence-electron chi connectivity index (χ4n) is 1.14. The summed E-state index contributed by atoms with van der Waals surface area (Å²) in [6.45, 7) is 5.45. The lowest BCUT2D eigenvalue weighted by Gasteiger charge is -2.29. The van der Waals surface area contributed by atoms with Crippen molar-refractivity contribution in [3.05, 3.63) is 11.6 Å². The molecule has 1 aliphatic rings. The second-order valence-corrected chi connectivity index (χ2v) is 3.75. The maximum atomic E-state index is 11.1. The van der Waals surface area contributed by atoms with Gasteiger partial charge in [0.1, 0.15) is 0 Å². The van der Waals surface area contributed by atoms with Crippen LogP contribution in [0.2, 0.25) is 0 Å². The number of esters is 1. The molecule has 1 rings (SSSR count). The summed E-state index contributed by atoms with van der Waals surface area (Å²) in [7, 11) is 0. The summed E-state index contributed by atoms with van der Waals surface area (Å²) in [5.74, 6) is -0.0313. The number of hydrogen-bond donors (Lipinski definition) is 1. The van der Waals surface area contributed by atoms with Crippen molar-refractivity contribution in [1.29, 1.82) is 0 Å². The number of carbonyl (C=O) groups is 2. The summed E-state index contributed by atoms with van der Waals surface area (Å²) in [5.41, 5.74) is 0.564. The maximum absolute atomic E-state index is 11.1. The predicted molar refractivity (Wildman–Crippen MR) is 51.2 cm³/mol. The Bertz CT molecular complexity index is 281. The van der Waals surface area contributed by atoms with Gasteiger partial charge in [-0.1, -0.05) is 19.9 Å². The summed E-state index contributed by atoms with van der Waals surface area (Å²) in [6.07, 6.45) is 2.12. The lowest BCUT2D eigenvalue weighted by atomic mass is 10.0. The van der Waals surface area contributed by atoms with Crippen LogP contribution in [0.1, 0.15) is 27.2 Å². The van der Waals surface area contributed by atoms with Crippen molar-refractivity contribution in [2.75, 3.05) is 0 Å². The van der Waals surface area contributed by atoms with E-state index >= 15 is 0 Å². The zero-order chi connectivity index (χ0) is 10.7. The minimum absolute atomic E-state index is 0.142. The van der Waals surface area contributed by atoms with Gasteiger partial charge in [-0.2, -0.15) is 0 Å². The Hall–Kier alpha value is -1.32. The highest BCUT2D eigenvalue weighted by molar-refractivity contribution is 6.01. The Kier molecular flexibility index (Phi) is 3.28. The highest BCUT2D eigenvalue weighted by Crippen LogP contribution is 2.17. The van der Waals surface area contributed by atoms with Gasteiger partial charge in [0.15, 0.2) is 0 Å². The molecular weight excluding hydrogens is 182 g/mol. The minimum Gasteiger partial charge on any atom is -0.437 e. The number of carbonyl (C=O) groups excluding carboxylic acids is 2. The summed E-state index contributed by atoms with van der Waals surface area (Å²) in [4.78, 5) is 21.7. The molecule has 0 aromatic heterocycles. The van der Waals surface area contributed by atoms with Crippen LogP contribution >= 0.6 is 0 Å². The summed E-state index contributed by atoms with van der Waals surface area (Å²) in [6, 6.07) is 0. The smallest absolute Gasteiger partial charge is 0.304 e. The molecule has 1 heterocycles. The molecule has 1 saturated heterocycles. The van der Waals surface area contributed by atoms with E-state index in [0.717, 1.165) is 6.42 Å². The number of β-lactam (4-membered cyclic amide) rings is 1. The number of rotatable bonds is 3. The molecule has 1 aliphatic heterocycles. The molecule has 14 heavy (non-hydrogen) atoms. The van der Waals surface area contributed by atoms with E-state index < -0.39 is 6.23 Å². The van der Waals surface area contributed by atoms with Gasteiger partial charge < -0.3 is 10.1 Å². The van der Waals surface area contributed by atoms with Crippen molar-refractivity contribution < 1.29 is 14.3 Å². The van der Waals surface area contributed by atoms with Gasteiger partial charge in [-0.05, 0) is 12.3 Å². The van der Waals surface area contributed by atoms with Crippen molar-refractivity contribution in [3.8, 4) is 0 Å². The molecule has 1 atom stereocenters. The minimum atomic E-state index is -0.529. The van der Waals surface area contributed by atoms with Gasteiger partial charge >= 0.3 is 5.97 Å². The molecule has 78 valence electrons. The quantitative estimate of drug-likeness (QED) is 0.417. The monoisotopic (exact) mass is 197 g/mol. The van der Waals surface area contributed by atoms with Crippen LogP contribution in [-0.4, -0.2) is 18.1 Å². The molecule has 4 nitrogen and oxygen atoms in total. The molecule has 0 aromatic rings. The van der Waals surface area contributed by atoms with Gasteiger partial charge in [0.05, 0.1) is 5.57 Å². The number of hydrogen-bond acceptors (Lipinski definition) is 3. The second-order valence-electron chi connectivity index (χ2n) is 3.75. The highest BCUT2D eigenvalue weighted by atomic mass is 16.6. The van der Waals surface area contributed by atoms with E-state index in [0.29, 0.717) is 11.5 Å². The molecule has 0 aliphatic carbocycles. The molecule has 4 heteroatoms. The molecule has 1 N–H and O–H groups in total. The first-order chi connectivity index (χ1) is 6.50. The molecule has 0 radical (unpaired) electrons. The van der Waals surface area contributed by atoms with Crippen LogP contribution in [0.25, 0.3) is 0 Å². The van der Waals surface area contributed by atoms with E-state index in [1.807, 2.05) is 6.08 Å². The second kappa shape index (κ2) is 4.26. The topological polar surface area (TPSA) is 55.4 Å². The Morgan fingerprint density at radius 3 is 2.71 bits per heavy atom.